The highest BCUT2D eigenvalue weighted by Crippen LogP contribution is 2.21. The number of aliphatic carboxylic acids is 1. The third kappa shape index (κ3) is 4.47. The normalized spacial score (nSPS) is 12.1. The molecule has 112 valence electrons. The van der Waals surface area contributed by atoms with Crippen molar-refractivity contribution in [3.05, 3.63) is 29.3 Å². The van der Waals surface area contributed by atoms with Gasteiger partial charge in [-0.1, -0.05) is 17.7 Å². The van der Waals surface area contributed by atoms with Gasteiger partial charge >= 0.3 is 5.97 Å². The zero-order chi connectivity index (χ0) is 15.3. The minimum absolute atomic E-state index is 0.0612. The highest BCUT2D eigenvalue weighted by atomic mass is 35.5. The average molecular weight is 320 g/mol. The van der Waals surface area contributed by atoms with Crippen molar-refractivity contribution < 1.29 is 18.3 Å². The van der Waals surface area contributed by atoms with Crippen LogP contribution in [0.5, 0.6) is 0 Å². The van der Waals surface area contributed by atoms with E-state index in [0.29, 0.717) is 5.02 Å². The fraction of sp³-hybridized carbons (Fsp3) is 0.462. The van der Waals surface area contributed by atoms with Gasteiger partial charge in [0.15, 0.2) is 0 Å². The van der Waals surface area contributed by atoms with E-state index < -0.39 is 16.0 Å². The number of hydrogen-bond donors (Lipinski definition) is 1. The predicted octanol–water partition coefficient (Wildman–Crippen LogP) is 2.60. The van der Waals surface area contributed by atoms with Gasteiger partial charge in [-0.25, -0.2) is 8.42 Å². The summed E-state index contributed by atoms with van der Waals surface area (Å²) in [6.07, 6.45) is 0.210. The molecule has 0 aliphatic rings. The van der Waals surface area contributed by atoms with Gasteiger partial charge < -0.3 is 5.11 Å². The Morgan fingerprint density at radius 2 is 2.05 bits per heavy atom. The molecule has 0 aliphatic carbocycles. The van der Waals surface area contributed by atoms with Gasteiger partial charge in [-0.15, -0.1) is 0 Å². The predicted molar refractivity (Wildman–Crippen MR) is 77.3 cm³/mol. The third-order valence-corrected chi connectivity index (χ3v) is 5.05. The number of benzene rings is 1. The number of halogens is 1. The quantitative estimate of drug-likeness (QED) is 0.838. The lowest BCUT2D eigenvalue weighted by Crippen LogP contribution is -2.37. The first kappa shape index (κ1) is 16.9. The summed E-state index contributed by atoms with van der Waals surface area (Å²) in [5.74, 6) is -0.936. The summed E-state index contributed by atoms with van der Waals surface area (Å²) < 4.78 is 26.3. The Hall–Kier alpha value is -1.11. The second-order valence-corrected chi connectivity index (χ2v) is 6.99. The lowest BCUT2D eigenvalue weighted by atomic mass is 10.3. The van der Waals surface area contributed by atoms with Crippen LogP contribution in [0, 0.1) is 0 Å². The van der Waals surface area contributed by atoms with Gasteiger partial charge in [-0.2, -0.15) is 4.31 Å². The standard InChI is InChI=1S/C13H18ClNO4S/c1-10(2)15(8-4-7-13(16)17)20(18,19)12-6-3-5-11(14)9-12/h3,5-6,9-10H,4,7-8H2,1-2H3,(H,16,17). The van der Waals surface area contributed by atoms with Crippen molar-refractivity contribution >= 4 is 27.6 Å². The molecule has 0 heterocycles. The van der Waals surface area contributed by atoms with Crippen molar-refractivity contribution in [2.75, 3.05) is 6.54 Å². The zero-order valence-electron chi connectivity index (χ0n) is 11.4. The molecule has 0 aliphatic heterocycles. The van der Waals surface area contributed by atoms with Crippen LogP contribution in [0.25, 0.3) is 0 Å². The van der Waals surface area contributed by atoms with Gasteiger partial charge in [0.2, 0.25) is 10.0 Å². The van der Waals surface area contributed by atoms with Gasteiger partial charge in [-0.05, 0) is 38.5 Å². The Labute approximate surface area is 124 Å². The number of sulfonamides is 1. The summed E-state index contributed by atoms with van der Waals surface area (Å²) in [5.41, 5.74) is 0. The molecular formula is C13H18ClNO4S. The topological polar surface area (TPSA) is 74.7 Å². The monoisotopic (exact) mass is 319 g/mol. The van der Waals surface area contributed by atoms with Crippen molar-refractivity contribution in [2.45, 2.75) is 37.6 Å². The van der Waals surface area contributed by atoms with E-state index in [4.69, 9.17) is 16.7 Å². The summed E-state index contributed by atoms with van der Waals surface area (Å²) in [7, 11) is -3.66. The van der Waals surface area contributed by atoms with E-state index in [1.165, 1.54) is 16.4 Å². The first-order chi connectivity index (χ1) is 9.25. The Morgan fingerprint density at radius 1 is 1.40 bits per heavy atom. The molecule has 0 saturated heterocycles. The van der Waals surface area contributed by atoms with Crippen molar-refractivity contribution in [1.29, 1.82) is 0 Å². The van der Waals surface area contributed by atoms with Crippen molar-refractivity contribution in [1.82, 2.24) is 4.31 Å². The smallest absolute Gasteiger partial charge is 0.303 e. The molecule has 0 atom stereocenters. The minimum Gasteiger partial charge on any atom is -0.481 e. The van der Waals surface area contributed by atoms with Crippen LogP contribution in [-0.2, 0) is 14.8 Å². The van der Waals surface area contributed by atoms with E-state index >= 15 is 0 Å². The molecule has 0 amide bonds. The van der Waals surface area contributed by atoms with E-state index in [-0.39, 0.29) is 30.3 Å². The number of nitrogens with zero attached hydrogens (tertiary/aromatic N) is 1. The van der Waals surface area contributed by atoms with Crippen LogP contribution in [0.1, 0.15) is 26.7 Å². The number of rotatable bonds is 7. The van der Waals surface area contributed by atoms with Gasteiger partial charge in [0.05, 0.1) is 4.90 Å². The molecule has 0 fully saturated rings. The van der Waals surface area contributed by atoms with Crippen molar-refractivity contribution in [3.8, 4) is 0 Å². The molecule has 20 heavy (non-hydrogen) atoms. The molecule has 7 heteroatoms. The van der Waals surface area contributed by atoms with E-state index in [2.05, 4.69) is 0 Å². The molecule has 1 rings (SSSR count). The molecule has 1 aromatic rings. The van der Waals surface area contributed by atoms with Crippen LogP contribution in [-0.4, -0.2) is 36.4 Å². The lowest BCUT2D eigenvalue weighted by Gasteiger charge is -2.25. The zero-order valence-corrected chi connectivity index (χ0v) is 13.0. The number of carbonyl (C=O) groups is 1. The number of carboxylic acid groups (broad SMARTS) is 1. The maximum atomic E-state index is 12.5. The van der Waals surface area contributed by atoms with Crippen LogP contribution >= 0.6 is 11.6 Å². The largest absolute Gasteiger partial charge is 0.481 e. The Balaban J connectivity index is 2.97. The molecule has 1 N–H and O–H groups in total. The summed E-state index contributed by atoms with van der Waals surface area (Å²) in [6.45, 7) is 3.67. The Bertz CT molecular complexity index is 571. The molecule has 0 radical (unpaired) electrons. The molecule has 0 unspecified atom stereocenters. The first-order valence-electron chi connectivity index (χ1n) is 6.24. The highest BCUT2D eigenvalue weighted by Gasteiger charge is 2.26. The number of hydrogen-bond acceptors (Lipinski definition) is 3. The van der Waals surface area contributed by atoms with Crippen LogP contribution < -0.4 is 0 Å². The molecular weight excluding hydrogens is 302 g/mol. The van der Waals surface area contributed by atoms with Gasteiger partial charge in [0, 0.05) is 24.0 Å². The third-order valence-electron chi connectivity index (χ3n) is 2.75. The fourth-order valence-corrected chi connectivity index (χ4v) is 3.78. The molecule has 0 bridgehead atoms. The van der Waals surface area contributed by atoms with Gasteiger partial charge in [0.1, 0.15) is 0 Å². The van der Waals surface area contributed by atoms with Gasteiger partial charge in [-0.3, -0.25) is 4.79 Å². The SMILES string of the molecule is CC(C)N(CCCC(=O)O)S(=O)(=O)c1cccc(Cl)c1. The van der Waals surface area contributed by atoms with Crippen LogP contribution in [0.15, 0.2) is 29.2 Å². The van der Waals surface area contributed by atoms with Gasteiger partial charge in [0.25, 0.3) is 0 Å². The maximum Gasteiger partial charge on any atom is 0.303 e. The van der Waals surface area contributed by atoms with E-state index in [9.17, 15) is 13.2 Å². The second-order valence-electron chi connectivity index (χ2n) is 4.66. The Kier molecular flexibility index (Phi) is 5.98. The summed E-state index contributed by atoms with van der Waals surface area (Å²) in [6, 6.07) is 5.79. The highest BCUT2D eigenvalue weighted by molar-refractivity contribution is 7.89. The summed E-state index contributed by atoms with van der Waals surface area (Å²) in [5, 5.41) is 8.98. The molecule has 5 nitrogen and oxygen atoms in total. The Morgan fingerprint density at radius 3 is 2.55 bits per heavy atom. The van der Waals surface area contributed by atoms with Crippen LogP contribution in [0.3, 0.4) is 0 Å². The van der Waals surface area contributed by atoms with Crippen molar-refractivity contribution in [3.63, 3.8) is 0 Å². The maximum absolute atomic E-state index is 12.5. The average Bonchev–Trinajstić information content (AvgIpc) is 2.33. The van der Waals surface area contributed by atoms with E-state index in [1.807, 2.05) is 0 Å². The lowest BCUT2D eigenvalue weighted by molar-refractivity contribution is -0.137. The van der Waals surface area contributed by atoms with E-state index in [1.54, 1.807) is 26.0 Å². The molecule has 0 spiro atoms. The molecule has 0 saturated carbocycles. The minimum atomic E-state index is -3.66. The second kappa shape index (κ2) is 7.06. The number of carboxylic acids is 1. The molecule has 1 aromatic carbocycles. The first-order valence-corrected chi connectivity index (χ1v) is 8.06. The summed E-state index contributed by atoms with van der Waals surface area (Å²) in [4.78, 5) is 10.6. The van der Waals surface area contributed by atoms with E-state index in [0.717, 1.165) is 0 Å². The molecule has 0 aromatic heterocycles. The van der Waals surface area contributed by atoms with Crippen LogP contribution in [0.2, 0.25) is 5.02 Å². The summed E-state index contributed by atoms with van der Waals surface area (Å²) >= 11 is 5.82. The van der Waals surface area contributed by atoms with Crippen LogP contribution in [0.4, 0.5) is 0 Å². The van der Waals surface area contributed by atoms with Crippen molar-refractivity contribution in [2.24, 2.45) is 0 Å². The fourth-order valence-electron chi connectivity index (χ4n) is 1.80.